The van der Waals surface area contributed by atoms with Gasteiger partial charge in [-0.15, -0.1) is 0 Å². The molecule has 3 nitrogen and oxygen atoms in total. The van der Waals surface area contributed by atoms with Crippen molar-refractivity contribution in [1.82, 2.24) is 0 Å². The Balaban J connectivity index is 3.26. The Morgan fingerprint density at radius 1 is 1.35 bits per heavy atom. The number of methoxy groups -OCH3 is 1. The van der Waals surface area contributed by atoms with E-state index in [4.69, 9.17) is 15.4 Å². The van der Waals surface area contributed by atoms with E-state index in [9.17, 15) is 8.42 Å². The van der Waals surface area contributed by atoms with E-state index in [0.29, 0.717) is 5.75 Å². The van der Waals surface area contributed by atoms with Gasteiger partial charge in [0.05, 0.1) is 12.9 Å². The molecule has 0 fully saturated rings. The Labute approximate surface area is 107 Å². The van der Waals surface area contributed by atoms with Gasteiger partial charge in [-0.1, -0.05) is 31.5 Å². The van der Waals surface area contributed by atoms with Crippen molar-refractivity contribution in [2.75, 3.05) is 12.9 Å². The van der Waals surface area contributed by atoms with Crippen LogP contribution in [-0.2, 0) is 14.5 Å². The fourth-order valence-corrected chi connectivity index (χ4v) is 3.70. The minimum Gasteiger partial charge on any atom is -0.496 e. The highest BCUT2D eigenvalue weighted by Gasteiger charge is 2.29. The average Bonchev–Trinajstić information content (AvgIpc) is 2.14. The fourth-order valence-electron chi connectivity index (χ4n) is 1.86. The molecular formula is C12H17ClO3S. The number of benzene rings is 1. The molecule has 0 radical (unpaired) electrons. The maximum Gasteiger partial charge on any atom is 0.233 e. The van der Waals surface area contributed by atoms with Crippen LogP contribution in [0.25, 0.3) is 0 Å². The quantitative estimate of drug-likeness (QED) is 0.794. The van der Waals surface area contributed by atoms with Crippen molar-refractivity contribution in [1.29, 1.82) is 0 Å². The van der Waals surface area contributed by atoms with Crippen LogP contribution >= 0.6 is 10.7 Å². The van der Waals surface area contributed by atoms with Crippen molar-refractivity contribution >= 4 is 19.7 Å². The molecule has 17 heavy (non-hydrogen) atoms. The number of halogens is 1. The third kappa shape index (κ3) is 3.89. The number of aryl methyl sites for hydroxylation is 1. The van der Waals surface area contributed by atoms with E-state index in [1.165, 1.54) is 0 Å². The summed E-state index contributed by atoms with van der Waals surface area (Å²) >= 11 is 0. The molecule has 0 aliphatic heterocycles. The van der Waals surface area contributed by atoms with Crippen molar-refractivity contribution in [3.8, 4) is 5.75 Å². The molecule has 0 saturated carbocycles. The lowest BCUT2D eigenvalue weighted by Crippen LogP contribution is -2.26. The first-order chi connectivity index (χ1) is 7.65. The van der Waals surface area contributed by atoms with Gasteiger partial charge in [-0.25, -0.2) is 8.42 Å². The van der Waals surface area contributed by atoms with Crippen molar-refractivity contribution in [3.63, 3.8) is 0 Å². The lowest BCUT2D eigenvalue weighted by molar-refractivity contribution is 0.397. The number of hydrogen-bond acceptors (Lipinski definition) is 3. The van der Waals surface area contributed by atoms with E-state index in [1.54, 1.807) is 7.11 Å². The van der Waals surface area contributed by atoms with Gasteiger partial charge in [0.1, 0.15) is 5.75 Å². The van der Waals surface area contributed by atoms with E-state index in [1.807, 2.05) is 39.0 Å². The second-order valence-corrected chi connectivity index (χ2v) is 7.55. The molecule has 5 heteroatoms. The zero-order chi connectivity index (χ0) is 13.3. The molecule has 1 aromatic carbocycles. The largest absolute Gasteiger partial charge is 0.496 e. The SMILES string of the molecule is COc1ccc(C)cc1C(C)(C)CS(=O)(=O)Cl. The Bertz CT molecular complexity index is 506. The summed E-state index contributed by atoms with van der Waals surface area (Å²) in [5, 5.41) is 0. The average molecular weight is 277 g/mol. The first kappa shape index (κ1) is 14.3. The number of rotatable bonds is 4. The predicted octanol–water partition coefficient (Wildman–Crippen LogP) is 2.85. The summed E-state index contributed by atoms with van der Waals surface area (Å²) in [7, 11) is 3.35. The molecular weight excluding hydrogens is 260 g/mol. The van der Waals surface area contributed by atoms with E-state index in [-0.39, 0.29) is 5.75 Å². The van der Waals surface area contributed by atoms with Gasteiger partial charge in [0.25, 0.3) is 0 Å². The molecule has 0 amide bonds. The summed E-state index contributed by atoms with van der Waals surface area (Å²) in [5.74, 6) is 0.558. The molecule has 0 atom stereocenters. The second-order valence-electron chi connectivity index (χ2n) is 4.77. The van der Waals surface area contributed by atoms with Crippen LogP contribution in [0.1, 0.15) is 25.0 Å². The van der Waals surface area contributed by atoms with Crippen LogP contribution < -0.4 is 4.74 Å². The maximum atomic E-state index is 11.2. The normalized spacial score (nSPS) is 12.5. The third-order valence-electron chi connectivity index (χ3n) is 2.62. The van der Waals surface area contributed by atoms with E-state index < -0.39 is 14.5 Å². The smallest absolute Gasteiger partial charge is 0.233 e. The van der Waals surface area contributed by atoms with Gasteiger partial charge < -0.3 is 4.74 Å². The van der Waals surface area contributed by atoms with Gasteiger partial charge in [0, 0.05) is 21.7 Å². The van der Waals surface area contributed by atoms with Crippen LogP contribution in [0.4, 0.5) is 0 Å². The standard InChI is InChI=1S/C12H17ClO3S/c1-9-5-6-11(16-4)10(7-9)12(2,3)8-17(13,14)15/h5-7H,8H2,1-4H3. The maximum absolute atomic E-state index is 11.2. The Morgan fingerprint density at radius 3 is 2.41 bits per heavy atom. The lowest BCUT2D eigenvalue weighted by Gasteiger charge is -2.26. The van der Waals surface area contributed by atoms with Gasteiger partial charge in [-0.3, -0.25) is 0 Å². The highest BCUT2D eigenvalue weighted by Crippen LogP contribution is 2.34. The van der Waals surface area contributed by atoms with Crippen LogP contribution in [0, 0.1) is 6.92 Å². The zero-order valence-electron chi connectivity index (χ0n) is 10.5. The molecule has 0 spiro atoms. The van der Waals surface area contributed by atoms with Gasteiger partial charge in [-0.2, -0.15) is 0 Å². The van der Waals surface area contributed by atoms with Crippen LogP contribution in [0.15, 0.2) is 18.2 Å². The molecule has 0 heterocycles. The molecule has 0 saturated heterocycles. The zero-order valence-corrected chi connectivity index (χ0v) is 12.0. The molecule has 96 valence electrons. The summed E-state index contributed by atoms with van der Waals surface area (Å²) in [6.45, 7) is 5.63. The van der Waals surface area contributed by atoms with E-state index in [2.05, 4.69) is 0 Å². The first-order valence-electron chi connectivity index (χ1n) is 5.23. The molecule has 0 aromatic heterocycles. The lowest BCUT2D eigenvalue weighted by atomic mass is 9.85. The minimum absolute atomic E-state index is 0.124. The summed E-state index contributed by atoms with van der Waals surface area (Å²) in [4.78, 5) is 0. The van der Waals surface area contributed by atoms with Gasteiger partial charge in [0.2, 0.25) is 9.05 Å². The molecule has 1 aromatic rings. The van der Waals surface area contributed by atoms with Crippen molar-refractivity contribution in [2.45, 2.75) is 26.2 Å². The van der Waals surface area contributed by atoms with Crippen LogP contribution in [0.5, 0.6) is 5.75 Å². The Hall–Kier alpha value is -0.740. The molecule has 1 rings (SSSR count). The monoisotopic (exact) mass is 276 g/mol. The summed E-state index contributed by atoms with van der Waals surface area (Å²) in [6.07, 6.45) is 0. The minimum atomic E-state index is -3.55. The molecule has 0 aliphatic rings. The van der Waals surface area contributed by atoms with E-state index >= 15 is 0 Å². The third-order valence-corrected chi connectivity index (χ3v) is 4.01. The Morgan fingerprint density at radius 2 is 1.94 bits per heavy atom. The van der Waals surface area contributed by atoms with Crippen LogP contribution in [0.3, 0.4) is 0 Å². The molecule has 0 unspecified atom stereocenters. The van der Waals surface area contributed by atoms with E-state index in [0.717, 1.165) is 11.1 Å². The van der Waals surface area contributed by atoms with Gasteiger partial charge in [-0.05, 0) is 13.0 Å². The van der Waals surface area contributed by atoms with Crippen LogP contribution in [-0.4, -0.2) is 21.3 Å². The van der Waals surface area contributed by atoms with Gasteiger partial charge in [0.15, 0.2) is 0 Å². The first-order valence-corrected chi connectivity index (χ1v) is 7.71. The number of ether oxygens (including phenoxy) is 1. The summed E-state index contributed by atoms with van der Waals surface area (Å²) in [5.41, 5.74) is 1.32. The highest BCUT2D eigenvalue weighted by atomic mass is 35.7. The number of hydrogen-bond donors (Lipinski definition) is 0. The highest BCUT2D eigenvalue weighted by molar-refractivity contribution is 8.13. The fraction of sp³-hybridized carbons (Fsp3) is 0.500. The van der Waals surface area contributed by atoms with Crippen LogP contribution in [0.2, 0.25) is 0 Å². The summed E-state index contributed by atoms with van der Waals surface area (Å²) in [6, 6.07) is 5.70. The molecule has 0 N–H and O–H groups in total. The molecule has 0 bridgehead atoms. The summed E-state index contributed by atoms with van der Waals surface area (Å²) < 4.78 is 27.7. The second kappa shape index (κ2) is 4.86. The topological polar surface area (TPSA) is 43.4 Å². The molecule has 0 aliphatic carbocycles. The Kier molecular flexibility index (Phi) is 4.10. The predicted molar refractivity (Wildman–Crippen MR) is 70.4 cm³/mol. The van der Waals surface area contributed by atoms with Crippen molar-refractivity contribution in [2.24, 2.45) is 0 Å². The van der Waals surface area contributed by atoms with Gasteiger partial charge >= 0.3 is 0 Å². The van der Waals surface area contributed by atoms with Crippen molar-refractivity contribution < 1.29 is 13.2 Å². The van der Waals surface area contributed by atoms with Crippen molar-refractivity contribution in [3.05, 3.63) is 29.3 Å².